The van der Waals surface area contributed by atoms with Crippen LogP contribution in [0, 0.1) is 0 Å². The zero-order valence-electron chi connectivity index (χ0n) is 24.7. The highest BCUT2D eigenvalue weighted by molar-refractivity contribution is 7.92. The topological polar surface area (TPSA) is 122 Å². The number of halogens is 5. The molecule has 1 aliphatic carbocycles. The van der Waals surface area contributed by atoms with Gasteiger partial charge in [0, 0.05) is 37.1 Å². The van der Waals surface area contributed by atoms with Crippen molar-refractivity contribution in [2.45, 2.75) is 63.0 Å². The Balaban J connectivity index is 1.56. The third kappa shape index (κ3) is 8.23. The Morgan fingerprint density at radius 3 is 2.54 bits per heavy atom. The van der Waals surface area contributed by atoms with Crippen molar-refractivity contribution in [3.05, 3.63) is 83.0 Å². The Morgan fingerprint density at radius 1 is 1.17 bits per heavy atom. The second-order valence-corrected chi connectivity index (χ2v) is 13.4. The highest BCUT2D eigenvalue weighted by atomic mass is 32.2. The Labute approximate surface area is 262 Å². The molecular weight excluding hydrogens is 639 g/mol. The van der Waals surface area contributed by atoms with E-state index in [0.29, 0.717) is 24.2 Å². The lowest BCUT2D eigenvalue weighted by Crippen LogP contribution is -2.54. The summed E-state index contributed by atoms with van der Waals surface area (Å²) in [4.78, 5) is 24.4. The second kappa shape index (κ2) is 14.2. The maximum absolute atomic E-state index is 13.6. The molecule has 0 spiro atoms. The van der Waals surface area contributed by atoms with E-state index in [2.05, 4.69) is 10.1 Å². The highest BCUT2D eigenvalue weighted by Gasteiger charge is 2.43. The number of nitrogens with one attached hydrogen (secondary N) is 1. The molecule has 0 bridgehead atoms. The van der Waals surface area contributed by atoms with Gasteiger partial charge in [-0.3, -0.25) is 9.59 Å². The molecule has 9 nitrogen and oxygen atoms in total. The van der Waals surface area contributed by atoms with Crippen molar-refractivity contribution in [1.29, 1.82) is 0 Å². The summed E-state index contributed by atoms with van der Waals surface area (Å²) in [6.45, 7) is -1.92. The van der Waals surface area contributed by atoms with Crippen LogP contribution >= 0.6 is 0 Å². The fourth-order valence-electron chi connectivity index (χ4n) is 5.33. The summed E-state index contributed by atoms with van der Waals surface area (Å²) in [5.41, 5.74) is 0.0690. The second-order valence-electron chi connectivity index (χ2n) is 10.8. The predicted octanol–water partition coefficient (Wildman–Crippen LogP) is 5.71. The number of carboxylic acids is 1. The van der Waals surface area contributed by atoms with Gasteiger partial charge in [-0.25, -0.2) is 8.42 Å². The van der Waals surface area contributed by atoms with Crippen LogP contribution in [0.4, 0.5) is 27.6 Å². The summed E-state index contributed by atoms with van der Waals surface area (Å²) < 4.78 is 103. The number of sulfone groups is 1. The van der Waals surface area contributed by atoms with Gasteiger partial charge in [-0.15, -0.1) is 0 Å². The number of allylic oxidation sites excluding steroid dienone is 2. The van der Waals surface area contributed by atoms with Crippen LogP contribution < -0.4 is 15.0 Å². The fraction of sp³-hybridized carbons (Fsp3) is 0.419. The summed E-state index contributed by atoms with van der Waals surface area (Å²) in [5.74, 6) is -2.53. The van der Waals surface area contributed by atoms with E-state index in [1.165, 1.54) is 55.5 Å². The van der Waals surface area contributed by atoms with E-state index in [-0.39, 0.29) is 48.4 Å². The number of hydrogen-bond donors (Lipinski definition) is 2. The van der Waals surface area contributed by atoms with Gasteiger partial charge in [0.05, 0.1) is 24.5 Å². The number of amides is 1. The maximum atomic E-state index is 13.6. The predicted molar refractivity (Wildman–Crippen MR) is 158 cm³/mol. The van der Waals surface area contributed by atoms with E-state index in [9.17, 15) is 40.0 Å². The van der Waals surface area contributed by atoms with Crippen LogP contribution in [-0.2, 0) is 32.2 Å². The number of nitrogens with zero attached hydrogens (tertiary/aromatic N) is 1. The monoisotopic (exact) mass is 672 g/mol. The van der Waals surface area contributed by atoms with Crippen molar-refractivity contribution in [2.24, 2.45) is 0 Å². The first kappa shape index (κ1) is 34.9. The lowest BCUT2D eigenvalue weighted by Gasteiger charge is -2.33. The number of rotatable bonds is 13. The normalized spacial score (nSPS) is 20.1. The van der Waals surface area contributed by atoms with Crippen LogP contribution in [0.25, 0.3) is 0 Å². The lowest BCUT2D eigenvalue weighted by atomic mass is 9.98. The number of alkyl halides is 5. The van der Waals surface area contributed by atoms with Crippen molar-refractivity contribution in [1.82, 2.24) is 5.32 Å². The Kier molecular flexibility index (Phi) is 10.8. The standard InChI is InChI=1S/C31H33F5N2O7S/c1-2-46(42,43)30(14-11-20(12-15-30)7-10-27(39)40)37-28(41)24-9-8-22(17-21(24)19-44-29(32)33)38-16-13-23(18-38)45-26-6-4-3-5-25(26)31(34,35)36/h3-6,8-9,11-12,14,17,23,29H,2,7,10,13,15-16,18-19H2,1H3,(H,37,41)(H,39,40)/t23-,30?/m0/s1. The van der Waals surface area contributed by atoms with Gasteiger partial charge in [-0.05, 0) is 48.4 Å². The smallest absolute Gasteiger partial charge is 0.419 e. The van der Waals surface area contributed by atoms with Crippen LogP contribution in [0.5, 0.6) is 5.75 Å². The summed E-state index contributed by atoms with van der Waals surface area (Å²) >= 11 is 0. The average molecular weight is 673 g/mol. The Morgan fingerprint density at radius 2 is 1.91 bits per heavy atom. The minimum absolute atomic E-state index is 0.0311. The van der Waals surface area contributed by atoms with Gasteiger partial charge < -0.3 is 24.8 Å². The molecule has 2 atom stereocenters. The van der Waals surface area contributed by atoms with Crippen LogP contribution in [0.1, 0.15) is 54.1 Å². The molecule has 4 rings (SSSR count). The molecule has 1 fully saturated rings. The summed E-state index contributed by atoms with van der Waals surface area (Å²) in [6, 6.07) is 9.16. The van der Waals surface area contributed by atoms with E-state index < -0.39 is 57.6 Å². The fourth-order valence-corrected chi connectivity index (χ4v) is 6.70. The Hall–Kier alpha value is -3.98. The number of benzene rings is 2. The van der Waals surface area contributed by atoms with Crippen LogP contribution in [-0.4, -0.2) is 61.8 Å². The number of aliphatic carboxylic acids is 1. The molecule has 2 aliphatic rings. The number of ether oxygens (including phenoxy) is 2. The zero-order chi connectivity index (χ0) is 33.7. The molecule has 250 valence electrons. The molecule has 1 amide bonds. The summed E-state index contributed by atoms with van der Waals surface area (Å²) in [5, 5.41) is 11.5. The molecule has 15 heteroatoms. The SMILES string of the molecule is CCS(=O)(=O)C1(NC(=O)c2ccc(N3CC[C@H](Oc4ccccc4C(F)(F)F)C3)cc2COC(F)F)C=CC(CCC(=O)O)=CC1. The lowest BCUT2D eigenvalue weighted by molar-refractivity contribution is -0.139. The Bertz CT molecular complexity index is 1610. The summed E-state index contributed by atoms with van der Waals surface area (Å²) in [7, 11) is -3.97. The first-order valence-electron chi connectivity index (χ1n) is 14.4. The average Bonchev–Trinajstić information content (AvgIpc) is 3.47. The van der Waals surface area contributed by atoms with Crippen molar-refractivity contribution < 1.29 is 54.5 Å². The number of carboxylic acid groups (broad SMARTS) is 1. The molecule has 0 radical (unpaired) electrons. The van der Waals surface area contributed by atoms with Gasteiger partial charge in [-0.1, -0.05) is 36.8 Å². The molecular formula is C31H33F5N2O7S. The molecule has 0 saturated carbocycles. The van der Waals surface area contributed by atoms with E-state index in [0.717, 1.165) is 6.07 Å². The third-order valence-corrected chi connectivity index (χ3v) is 10.1. The molecule has 1 heterocycles. The van der Waals surface area contributed by atoms with Gasteiger partial charge in [0.2, 0.25) is 0 Å². The zero-order valence-corrected chi connectivity index (χ0v) is 25.5. The molecule has 2 aromatic rings. The minimum Gasteiger partial charge on any atom is -0.488 e. The maximum Gasteiger partial charge on any atom is 0.419 e. The molecule has 0 aromatic heterocycles. The van der Waals surface area contributed by atoms with Gasteiger partial charge in [0.1, 0.15) is 11.9 Å². The van der Waals surface area contributed by atoms with Gasteiger partial charge >= 0.3 is 18.8 Å². The number of anilines is 1. The molecule has 1 unspecified atom stereocenters. The number of para-hydroxylation sites is 1. The van der Waals surface area contributed by atoms with E-state index in [4.69, 9.17) is 9.84 Å². The largest absolute Gasteiger partial charge is 0.488 e. The van der Waals surface area contributed by atoms with Gasteiger partial charge in [0.15, 0.2) is 14.7 Å². The summed E-state index contributed by atoms with van der Waals surface area (Å²) in [6.07, 6.45) is -0.744. The minimum atomic E-state index is -4.60. The van der Waals surface area contributed by atoms with Crippen molar-refractivity contribution >= 4 is 27.4 Å². The van der Waals surface area contributed by atoms with Crippen LogP contribution in [0.2, 0.25) is 0 Å². The quantitative estimate of drug-likeness (QED) is 0.260. The molecule has 1 aliphatic heterocycles. The number of hydrogen-bond acceptors (Lipinski definition) is 7. The van der Waals surface area contributed by atoms with Crippen molar-refractivity contribution in [3.63, 3.8) is 0 Å². The number of carbonyl (C=O) groups excluding carboxylic acids is 1. The van der Waals surface area contributed by atoms with Gasteiger partial charge in [0.25, 0.3) is 5.91 Å². The van der Waals surface area contributed by atoms with Gasteiger partial charge in [-0.2, -0.15) is 22.0 Å². The molecule has 46 heavy (non-hydrogen) atoms. The third-order valence-electron chi connectivity index (χ3n) is 7.82. The first-order valence-corrected chi connectivity index (χ1v) is 16.0. The van der Waals surface area contributed by atoms with E-state index in [1.54, 1.807) is 11.0 Å². The van der Waals surface area contributed by atoms with Crippen LogP contribution in [0.3, 0.4) is 0 Å². The van der Waals surface area contributed by atoms with E-state index in [1.807, 2.05) is 0 Å². The first-order chi connectivity index (χ1) is 21.6. The molecule has 2 N–H and O–H groups in total. The molecule has 2 aromatic carbocycles. The number of carbonyl (C=O) groups is 2. The van der Waals surface area contributed by atoms with Crippen molar-refractivity contribution in [2.75, 3.05) is 23.7 Å². The van der Waals surface area contributed by atoms with Crippen LogP contribution in [0.15, 0.2) is 66.3 Å². The molecule has 1 saturated heterocycles. The van der Waals surface area contributed by atoms with Crippen molar-refractivity contribution in [3.8, 4) is 5.75 Å². The highest BCUT2D eigenvalue weighted by Crippen LogP contribution is 2.37. The van der Waals surface area contributed by atoms with E-state index >= 15 is 0 Å².